The van der Waals surface area contributed by atoms with Gasteiger partial charge < -0.3 is 9.72 Å². The number of esters is 1. The van der Waals surface area contributed by atoms with Gasteiger partial charge in [0.15, 0.2) is 5.78 Å². The smallest absolute Gasteiger partial charge is 0.310 e. The van der Waals surface area contributed by atoms with E-state index in [2.05, 4.69) is 9.97 Å². The summed E-state index contributed by atoms with van der Waals surface area (Å²) in [6, 6.07) is 16.6. The number of nitrogens with zero attached hydrogens (tertiary/aromatic N) is 1. The van der Waals surface area contributed by atoms with Gasteiger partial charge in [0.25, 0.3) is 0 Å². The highest BCUT2D eigenvalue weighted by molar-refractivity contribution is 6.36. The van der Waals surface area contributed by atoms with Crippen LogP contribution in [0.4, 0.5) is 0 Å². The molecule has 4 aromatic rings. The number of hydrogen-bond donors (Lipinski definition) is 1. The van der Waals surface area contributed by atoms with Crippen LogP contribution >= 0.6 is 11.6 Å². The minimum absolute atomic E-state index is 0.0618. The number of fused-ring (bicyclic) bond motifs is 1. The van der Waals surface area contributed by atoms with Crippen LogP contribution in [0, 0.1) is 0 Å². The van der Waals surface area contributed by atoms with Gasteiger partial charge in [-0.15, -0.1) is 0 Å². The lowest BCUT2D eigenvalue weighted by Gasteiger charge is -2.07. The lowest BCUT2D eigenvalue weighted by Crippen LogP contribution is -2.12. The van der Waals surface area contributed by atoms with Gasteiger partial charge in [0.2, 0.25) is 5.78 Å². The summed E-state index contributed by atoms with van der Waals surface area (Å²) in [6.45, 7) is 1.38. The standard InChI is InChI=1S/C26H21ClN2O4/c1-16(30)24(31)11-17-5-4-7-19(9-17)22-14-29-26-21(22)10-18(13-28-26)12-25(32)33-15-20-6-2-3-8-23(20)27/h2-10,13-14H,11-12,15H2,1H3,(H,28,29). The van der Waals surface area contributed by atoms with Crippen molar-refractivity contribution >= 4 is 40.2 Å². The molecule has 0 radical (unpaired) electrons. The molecule has 33 heavy (non-hydrogen) atoms. The minimum Gasteiger partial charge on any atom is -0.460 e. The summed E-state index contributed by atoms with van der Waals surface area (Å²) in [5.74, 6) is -1.26. The molecule has 166 valence electrons. The number of halogens is 1. The summed E-state index contributed by atoms with van der Waals surface area (Å²) in [6.07, 6.45) is 3.61. The molecule has 0 aliphatic heterocycles. The van der Waals surface area contributed by atoms with E-state index in [9.17, 15) is 14.4 Å². The topological polar surface area (TPSA) is 89.1 Å². The van der Waals surface area contributed by atoms with Crippen LogP contribution in [-0.2, 0) is 38.6 Å². The largest absolute Gasteiger partial charge is 0.460 e. The zero-order valence-electron chi connectivity index (χ0n) is 17.9. The van der Waals surface area contributed by atoms with E-state index in [-0.39, 0.29) is 25.4 Å². The third kappa shape index (κ3) is 5.35. The van der Waals surface area contributed by atoms with Gasteiger partial charge in [-0.25, -0.2) is 4.98 Å². The molecule has 4 rings (SSSR count). The number of pyridine rings is 1. The third-order valence-electron chi connectivity index (χ3n) is 5.28. The molecule has 2 aromatic heterocycles. The second kappa shape index (κ2) is 9.79. The van der Waals surface area contributed by atoms with Gasteiger partial charge in [-0.3, -0.25) is 14.4 Å². The first-order chi connectivity index (χ1) is 15.9. The number of H-pyrrole nitrogens is 1. The van der Waals surface area contributed by atoms with Crippen molar-refractivity contribution in [2.45, 2.75) is 26.4 Å². The Morgan fingerprint density at radius 3 is 2.61 bits per heavy atom. The quantitative estimate of drug-likeness (QED) is 0.299. The number of ether oxygens (including phenoxy) is 1. The number of rotatable bonds is 8. The van der Waals surface area contributed by atoms with Gasteiger partial charge in [-0.05, 0) is 28.8 Å². The number of benzene rings is 2. The molecule has 0 unspecified atom stereocenters. The van der Waals surface area contributed by atoms with Crippen molar-refractivity contribution in [1.29, 1.82) is 0 Å². The van der Waals surface area contributed by atoms with Gasteiger partial charge in [-0.1, -0.05) is 54.1 Å². The van der Waals surface area contributed by atoms with Crippen molar-refractivity contribution < 1.29 is 19.1 Å². The Hall–Kier alpha value is -3.77. The monoisotopic (exact) mass is 460 g/mol. The zero-order valence-corrected chi connectivity index (χ0v) is 18.7. The van der Waals surface area contributed by atoms with E-state index < -0.39 is 11.6 Å². The van der Waals surface area contributed by atoms with E-state index >= 15 is 0 Å². The summed E-state index contributed by atoms with van der Waals surface area (Å²) >= 11 is 6.11. The fourth-order valence-corrected chi connectivity index (χ4v) is 3.72. The van der Waals surface area contributed by atoms with Crippen molar-refractivity contribution in [3.05, 3.63) is 88.7 Å². The summed E-state index contributed by atoms with van der Waals surface area (Å²) in [7, 11) is 0. The Labute approximate surface area is 195 Å². The number of aromatic nitrogens is 2. The molecule has 0 saturated heterocycles. The molecule has 0 amide bonds. The van der Waals surface area contributed by atoms with Crippen molar-refractivity contribution in [1.82, 2.24) is 9.97 Å². The Kier molecular flexibility index (Phi) is 6.66. The van der Waals surface area contributed by atoms with Crippen LogP contribution in [0.1, 0.15) is 23.6 Å². The van der Waals surface area contributed by atoms with E-state index in [1.54, 1.807) is 12.3 Å². The van der Waals surface area contributed by atoms with E-state index in [1.807, 2.05) is 54.7 Å². The number of carbonyl (C=O) groups is 3. The highest BCUT2D eigenvalue weighted by Gasteiger charge is 2.13. The lowest BCUT2D eigenvalue weighted by molar-refractivity contribution is -0.144. The summed E-state index contributed by atoms with van der Waals surface area (Å²) in [4.78, 5) is 43.0. The summed E-state index contributed by atoms with van der Waals surface area (Å²) < 4.78 is 5.37. The second-order valence-corrected chi connectivity index (χ2v) is 8.13. The molecule has 7 heteroatoms. The Morgan fingerprint density at radius 1 is 1.00 bits per heavy atom. The maximum atomic E-state index is 12.4. The van der Waals surface area contributed by atoms with Gasteiger partial charge >= 0.3 is 5.97 Å². The Bertz CT molecular complexity index is 1360. The number of nitrogens with one attached hydrogen (secondary N) is 1. The van der Waals surface area contributed by atoms with Gasteiger partial charge in [-0.2, -0.15) is 0 Å². The first-order valence-corrected chi connectivity index (χ1v) is 10.8. The number of carbonyl (C=O) groups excluding carboxylic acids is 3. The lowest BCUT2D eigenvalue weighted by atomic mass is 9.99. The molecular formula is C26H21ClN2O4. The van der Waals surface area contributed by atoms with Crippen molar-refractivity contribution in [3.8, 4) is 11.1 Å². The SMILES string of the molecule is CC(=O)C(=O)Cc1cccc(-c2c[nH]c3ncc(CC(=O)OCc4ccccc4Cl)cc23)c1. The predicted octanol–water partition coefficient (Wildman–Crippen LogP) is 4.87. The Morgan fingerprint density at radius 2 is 1.82 bits per heavy atom. The van der Waals surface area contributed by atoms with Crippen LogP contribution in [0.15, 0.2) is 67.0 Å². The zero-order chi connectivity index (χ0) is 23.4. The molecular weight excluding hydrogens is 440 g/mol. The molecule has 6 nitrogen and oxygen atoms in total. The van der Waals surface area contributed by atoms with E-state index in [1.165, 1.54) is 6.92 Å². The maximum Gasteiger partial charge on any atom is 0.310 e. The molecule has 0 fully saturated rings. The number of Topliss-reactive ketones (excluding diaryl/α,β-unsaturated/α-hetero) is 2. The van der Waals surface area contributed by atoms with Gasteiger partial charge in [0.1, 0.15) is 12.3 Å². The molecule has 1 N–H and O–H groups in total. The van der Waals surface area contributed by atoms with Gasteiger partial charge in [0, 0.05) is 47.3 Å². The van der Waals surface area contributed by atoms with E-state index in [0.717, 1.165) is 33.2 Å². The second-order valence-electron chi connectivity index (χ2n) is 7.73. The highest BCUT2D eigenvalue weighted by atomic mass is 35.5. The number of aromatic amines is 1. The van der Waals surface area contributed by atoms with Crippen LogP contribution < -0.4 is 0 Å². The number of hydrogen-bond acceptors (Lipinski definition) is 5. The van der Waals surface area contributed by atoms with Crippen LogP contribution in [0.2, 0.25) is 5.02 Å². The molecule has 0 spiro atoms. The normalized spacial score (nSPS) is 10.8. The van der Waals surface area contributed by atoms with E-state index in [0.29, 0.717) is 10.7 Å². The molecule has 0 bridgehead atoms. The van der Waals surface area contributed by atoms with Crippen LogP contribution in [-0.4, -0.2) is 27.5 Å². The summed E-state index contributed by atoms with van der Waals surface area (Å²) in [5.41, 5.74) is 4.68. The molecule has 0 saturated carbocycles. The average molecular weight is 461 g/mol. The first kappa shape index (κ1) is 22.4. The van der Waals surface area contributed by atoms with Crippen molar-refractivity contribution in [2.24, 2.45) is 0 Å². The molecule has 2 aromatic carbocycles. The number of ketones is 2. The maximum absolute atomic E-state index is 12.4. The fourth-order valence-electron chi connectivity index (χ4n) is 3.53. The van der Waals surface area contributed by atoms with E-state index in [4.69, 9.17) is 16.3 Å². The third-order valence-corrected chi connectivity index (χ3v) is 5.65. The van der Waals surface area contributed by atoms with Crippen LogP contribution in [0.25, 0.3) is 22.2 Å². The molecule has 0 aliphatic carbocycles. The van der Waals surface area contributed by atoms with Gasteiger partial charge in [0.05, 0.1) is 6.42 Å². The predicted molar refractivity (Wildman–Crippen MR) is 126 cm³/mol. The molecule has 2 heterocycles. The fraction of sp³-hybridized carbons (Fsp3) is 0.154. The average Bonchev–Trinajstić information content (AvgIpc) is 3.22. The Balaban J connectivity index is 1.52. The highest BCUT2D eigenvalue weighted by Crippen LogP contribution is 2.29. The molecule has 0 aliphatic rings. The van der Waals surface area contributed by atoms with Crippen molar-refractivity contribution in [2.75, 3.05) is 0 Å². The minimum atomic E-state index is -0.456. The first-order valence-electron chi connectivity index (χ1n) is 10.4. The van der Waals surface area contributed by atoms with Crippen LogP contribution in [0.5, 0.6) is 0 Å². The summed E-state index contributed by atoms with van der Waals surface area (Å²) in [5, 5.41) is 1.40. The molecule has 0 atom stereocenters. The van der Waals surface area contributed by atoms with Crippen LogP contribution in [0.3, 0.4) is 0 Å². The van der Waals surface area contributed by atoms with Crippen molar-refractivity contribution in [3.63, 3.8) is 0 Å².